The molecule has 0 aliphatic rings. The molecule has 0 unspecified atom stereocenters. The van der Waals surface area contributed by atoms with Crippen molar-refractivity contribution in [2.24, 2.45) is 0 Å². The van der Waals surface area contributed by atoms with Crippen LogP contribution in [0.2, 0.25) is 0 Å². The summed E-state index contributed by atoms with van der Waals surface area (Å²) in [5, 5.41) is 4.40. The zero-order valence-corrected chi connectivity index (χ0v) is 11.2. The van der Waals surface area contributed by atoms with Gasteiger partial charge in [0.05, 0.1) is 25.6 Å². The molecule has 0 N–H and O–H groups in total. The Hall–Kier alpha value is -2.30. The molecule has 100 valence electrons. The molecule has 0 saturated carbocycles. The number of carbonyl (C=O) groups excluding carboxylic acids is 1. The smallest absolute Gasteiger partial charge is 0.341 e. The summed E-state index contributed by atoms with van der Waals surface area (Å²) in [5.74, 6) is 0.372. The predicted octanol–water partition coefficient (Wildman–Crippen LogP) is 2.23. The summed E-state index contributed by atoms with van der Waals surface area (Å²) < 4.78 is 11.6. The minimum Gasteiger partial charge on any atom is -0.497 e. The Kier molecular flexibility index (Phi) is 3.85. The van der Waals surface area contributed by atoms with E-state index < -0.39 is 0 Å². The van der Waals surface area contributed by atoms with Crippen molar-refractivity contribution < 1.29 is 14.3 Å². The number of rotatable bonds is 4. The topological polar surface area (TPSA) is 53.4 Å². The summed E-state index contributed by atoms with van der Waals surface area (Å²) in [6.07, 6.45) is 2.35. The van der Waals surface area contributed by atoms with Crippen molar-refractivity contribution in [2.45, 2.75) is 13.3 Å². The fraction of sp³-hybridized carbons (Fsp3) is 0.286. The maximum Gasteiger partial charge on any atom is 0.341 e. The molecule has 1 heterocycles. The van der Waals surface area contributed by atoms with Gasteiger partial charge >= 0.3 is 5.97 Å². The molecule has 19 heavy (non-hydrogen) atoms. The van der Waals surface area contributed by atoms with E-state index in [-0.39, 0.29) is 5.97 Å². The van der Waals surface area contributed by atoms with Crippen molar-refractivity contribution in [1.82, 2.24) is 9.78 Å². The highest BCUT2D eigenvalue weighted by Crippen LogP contribution is 2.18. The number of benzene rings is 1. The number of ether oxygens (including phenoxy) is 2. The van der Waals surface area contributed by atoms with Crippen molar-refractivity contribution in [3.8, 4) is 11.4 Å². The molecule has 5 nitrogen and oxygen atoms in total. The van der Waals surface area contributed by atoms with Crippen molar-refractivity contribution >= 4 is 5.97 Å². The van der Waals surface area contributed by atoms with Gasteiger partial charge in [-0.3, -0.25) is 0 Å². The van der Waals surface area contributed by atoms with Gasteiger partial charge in [0.1, 0.15) is 11.3 Å². The lowest BCUT2D eigenvalue weighted by Crippen LogP contribution is -2.02. The third-order valence-electron chi connectivity index (χ3n) is 2.85. The summed E-state index contributed by atoms with van der Waals surface area (Å²) in [5.41, 5.74) is 2.05. The molecule has 0 aliphatic carbocycles. The number of hydrogen-bond donors (Lipinski definition) is 0. The van der Waals surface area contributed by atoms with Gasteiger partial charge in [-0.25, -0.2) is 9.48 Å². The molecule has 0 radical (unpaired) electrons. The van der Waals surface area contributed by atoms with Gasteiger partial charge in [0.15, 0.2) is 0 Å². The second-order valence-corrected chi connectivity index (χ2v) is 3.98. The zero-order valence-electron chi connectivity index (χ0n) is 11.2. The number of hydrogen-bond acceptors (Lipinski definition) is 4. The predicted molar refractivity (Wildman–Crippen MR) is 70.8 cm³/mol. The molecule has 0 spiro atoms. The fourth-order valence-electron chi connectivity index (χ4n) is 1.84. The van der Waals surface area contributed by atoms with Crippen molar-refractivity contribution in [3.05, 3.63) is 41.7 Å². The van der Waals surface area contributed by atoms with E-state index in [0.29, 0.717) is 12.0 Å². The lowest BCUT2D eigenvalue weighted by atomic mass is 10.2. The Morgan fingerprint density at radius 1 is 1.37 bits per heavy atom. The molecule has 2 aromatic rings. The van der Waals surface area contributed by atoms with Gasteiger partial charge in [0.25, 0.3) is 0 Å². The molecule has 2 rings (SSSR count). The van der Waals surface area contributed by atoms with Gasteiger partial charge in [-0.15, -0.1) is 0 Å². The van der Waals surface area contributed by atoms with Crippen LogP contribution < -0.4 is 4.74 Å². The highest BCUT2D eigenvalue weighted by molar-refractivity contribution is 5.90. The van der Waals surface area contributed by atoms with Crippen molar-refractivity contribution in [1.29, 1.82) is 0 Å². The molecule has 1 aromatic carbocycles. The van der Waals surface area contributed by atoms with Crippen LogP contribution in [0.4, 0.5) is 0 Å². The van der Waals surface area contributed by atoms with E-state index in [1.54, 1.807) is 18.0 Å². The summed E-state index contributed by atoms with van der Waals surface area (Å²) in [4.78, 5) is 11.7. The van der Waals surface area contributed by atoms with Crippen LogP contribution in [-0.2, 0) is 11.2 Å². The van der Waals surface area contributed by atoms with Crippen LogP contribution in [0.15, 0.2) is 30.5 Å². The van der Waals surface area contributed by atoms with Gasteiger partial charge < -0.3 is 9.47 Å². The van der Waals surface area contributed by atoms with Crippen LogP contribution in [0.1, 0.15) is 23.0 Å². The second-order valence-electron chi connectivity index (χ2n) is 3.98. The summed E-state index contributed by atoms with van der Waals surface area (Å²) in [7, 11) is 2.98. The Morgan fingerprint density at radius 2 is 2.16 bits per heavy atom. The van der Waals surface area contributed by atoms with Gasteiger partial charge in [0.2, 0.25) is 0 Å². The summed E-state index contributed by atoms with van der Waals surface area (Å²) in [6, 6.07) is 7.48. The summed E-state index contributed by atoms with van der Waals surface area (Å²) in [6.45, 7) is 1.95. The van der Waals surface area contributed by atoms with E-state index in [1.165, 1.54) is 7.11 Å². The first-order valence-electron chi connectivity index (χ1n) is 6.00. The molecule has 5 heteroatoms. The number of nitrogens with zero attached hydrogens (tertiary/aromatic N) is 2. The van der Waals surface area contributed by atoms with E-state index in [4.69, 9.17) is 9.47 Å². The number of carbonyl (C=O) groups is 1. The minimum atomic E-state index is -0.369. The third kappa shape index (κ3) is 2.59. The van der Waals surface area contributed by atoms with E-state index in [9.17, 15) is 4.79 Å². The Bertz CT molecular complexity index is 590. The summed E-state index contributed by atoms with van der Waals surface area (Å²) >= 11 is 0. The van der Waals surface area contributed by atoms with Crippen LogP contribution in [0.25, 0.3) is 5.69 Å². The first-order chi connectivity index (χ1) is 9.19. The molecule has 0 saturated heterocycles. The van der Waals surface area contributed by atoms with Crippen molar-refractivity contribution in [3.63, 3.8) is 0 Å². The van der Waals surface area contributed by atoms with Gasteiger partial charge in [0, 0.05) is 12.3 Å². The van der Waals surface area contributed by atoms with E-state index >= 15 is 0 Å². The first kappa shape index (κ1) is 13.1. The molecule has 0 amide bonds. The standard InChI is InChI=1S/C14H16N2O3/c1-4-13-12(14(17)19-3)9-16(15-13)10-6-5-7-11(8-10)18-2/h5-9H,4H2,1-3H3. The molecule has 1 aromatic heterocycles. The largest absolute Gasteiger partial charge is 0.497 e. The van der Waals surface area contributed by atoms with E-state index in [2.05, 4.69) is 5.10 Å². The maximum atomic E-state index is 11.7. The average Bonchev–Trinajstić information content (AvgIpc) is 2.90. The van der Waals surface area contributed by atoms with Crippen LogP contribution >= 0.6 is 0 Å². The molecule has 0 bridgehead atoms. The zero-order chi connectivity index (χ0) is 13.8. The molecular weight excluding hydrogens is 244 g/mol. The van der Waals surface area contributed by atoms with Crippen LogP contribution in [0.3, 0.4) is 0 Å². The van der Waals surface area contributed by atoms with Crippen LogP contribution in [0.5, 0.6) is 5.75 Å². The molecule has 0 fully saturated rings. The van der Waals surface area contributed by atoms with Crippen LogP contribution in [0, 0.1) is 0 Å². The third-order valence-corrected chi connectivity index (χ3v) is 2.85. The Balaban J connectivity index is 2.45. The maximum absolute atomic E-state index is 11.7. The number of aromatic nitrogens is 2. The number of methoxy groups -OCH3 is 2. The monoisotopic (exact) mass is 260 g/mol. The quantitative estimate of drug-likeness (QED) is 0.791. The van der Waals surface area contributed by atoms with Crippen molar-refractivity contribution in [2.75, 3.05) is 14.2 Å². The highest BCUT2D eigenvalue weighted by atomic mass is 16.5. The fourth-order valence-corrected chi connectivity index (χ4v) is 1.84. The van der Waals surface area contributed by atoms with Crippen LogP contribution in [-0.4, -0.2) is 30.0 Å². The average molecular weight is 260 g/mol. The van der Waals surface area contributed by atoms with Gasteiger partial charge in [-0.1, -0.05) is 13.0 Å². The van der Waals surface area contributed by atoms with Gasteiger partial charge in [-0.2, -0.15) is 5.10 Å². The molecule has 0 aliphatic heterocycles. The first-order valence-corrected chi connectivity index (χ1v) is 6.00. The second kappa shape index (κ2) is 5.56. The highest BCUT2D eigenvalue weighted by Gasteiger charge is 2.16. The lowest BCUT2D eigenvalue weighted by Gasteiger charge is -2.03. The molecule has 0 atom stereocenters. The van der Waals surface area contributed by atoms with E-state index in [1.807, 2.05) is 31.2 Å². The number of esters is 1. The Morgan fingerprint density at radius 3 is 2.79 bits per heavy atom. The minimum absolute atomic E-state index is 0.369. The Labute approximate surface area is 111 Å². The lowest BCUT2D eigenvalue weighted by molar-refractivity contribution is 0.0599. The SMILES string of the molecule is CCc1nn(-c2cccc(OC)c2)cc1C(=O)OC. The molecular formula is C14H16N2O3. The normalized spacial score (nSPS) is 10.3. The van der Waals surface area contributed by atoms with E-state index in [0.717, 1.165) is 17.1 Å². The van der Waals surface area contributed by atoms with Gasteiger partial charge in [-0.05, 0) is 18.6 Å². The number of aryl methyl sites for hydroxylation is 1.